The van der Waals surface area contributed by atoms with Gasteiger partial charge in [-0.05, 0) is 37.2 Å². The topological polar surface area (TPSA) is 0 Å². The Morgan fingerprint density at radius 1 is 1.30 bits per heavy atom. The molecule has 1 aliphatic rings. The van der Waals surface area contributed by atoms with E-state index in [9.17, 15) is 0 Å². The van der Waals surface area contributed by atoms with Crippen molar-refractivity contribution >= 4 is 7.92 Å². The average molecular weight is 158 g/mol. The van der Waals surface area contributed by atoms with Gasteiger partial charge in [0.25, 0.3) is 0 Å². The Kier molecular flexibility index (Phi) is 3.70. The Balaban J connectivity index is 1.85. The molecule has 0 nitrogen and oxygen atoms in total. The van der Waals surface area contributed by atoms with Crippen molar-refractivity contribution in [3.63, 3.8) is 0 Å². The van der Waals surface area contributed by atoms with Gasteiger partial charge >= 0.3 is 0 Å². The lowest BCUT2D eigenvalue weighted by Gasteiger charge is -2.26. The second-order valence-corrected chi connectivity index (χ2v) is 6.41. The van der Waals surface area contributed by atoms with E-state index in [-0.39, 0.29) is 0 Å². The van der Waals surface area contributed by atoms with Crippen LogP contribution in [0, 0.1) is 5.92 Å². The highest BCUT2D eigenvalue weighted by molar-refractivity contribution is 7.59. The summed E-state index contributed by atoms with van der Waals surface area (Å²) in [6.07, 6.45) is 9.25. The molecule has 1 saturated heterocycles. The molecular formula is C9H19P. The molecule has 0 saturated carbocycles. The second kappa shape index (κ2) is 4.34. The fraction of sp³-hybridized carbons (Fsp3) is 1.00. The van der Waals surface area contributed by atoms with Crippen molar-refractivity contribution in [2.75, 3.05) is 18.5 Å². The van der Waals surface area contributed by atoms with Crippen LogP contribution in [0.1, 0.15) is 33.1 Å². The smallest absolute Gasteiger partial charge is 0.0323 e. The maximum atomic E-state index is 2.33. The zero-order chi connectivity index (χ0) is 7.40. The van der Waals surface area contributed by atoms with Crippen LogP contribution in [-0.4, -0.2) is 18.5 Å². The van der Waals surface area contributed by atoms with Crippen LogP contribution in [0.4, 0.5) is 0 Å². The van der Waals surface area contributed by atoms with Gasteiger partial charge in [-0.25, -0.2) is 0 Å². The first-order valence-corrected chi connectivity index (χ1v) is 6.41. The Hall–Kier alpha value is 0.430. The molecule has 0 aromatic carbocycles. The molecule has 0 N–H and O–H groups in total. The van der Waals surface area contributed by atoms with Crippen LogP contribution in [0.15, 0.2) is 0 Å². The van der Waals surface area contributed by atoms with E-state index in [4.69, 9.17) is 0 Å². The van der Waals surface area contributed by atoms with E-state index in [1.165, 1.54) is 19.3 Å². The van der Waals surface area contributed by atoms with Gasteiger partial charge in [0, 0.05) is 0 Å². The lowest BCUT2D eigenvalue weighted by Crippen LogP contribution is -2.07. The van der Waals surface area contributed by atoms with Crippen LogP contribution in [-0.2, 0) is 0 Å². The van der Waals surface area contributed by atoms with Gasteiger partial charge < -0.3 is 0 Å². The van der Waals surface area contributed by atoms with Crippen LogP contribution < -0.4 is 0 Å². The van der Waals surface area contributed by atoms with E-state index in [1.807, 2.05) is 0 Å². The summed E-state index contributed by atoms with van der Waals surface area (Å²) in [5, 5.41) is 0. The molecule has 1 rings (SSSR count). The maximum absolute atomic E-state index is 2.33. The first-order valence-electron chi connectivity index (χ1n) is 4.51. The van der Waals surface area contributed by atoms with Crippen LogP contribution in [0.5, 0.6) is 0 Å². The highest BCUT2D eigenvalue weighted by atomic mass is 31.1. The van der Waals surface area contributed by atoms with Crippen molar-refractivity contribution in [2.45, 2.75) is 33.1 Å². The molecule has 1 aliphatic heterocycles. The molecule has 0 amide bonds. The lowest BCUT2D eigenvalue weighted by molar-refractivity contribution is 0.577. The fourth-order valence-corrected chi connectivity index (χ4v) is 3.17. The van der Waals surface area contributed by atoms with Gasteiger partial charge in [0.15, 0.2) is 0 Å². The van der Waals surface area contributed by atoms with Crippen LogP contribution in [0.25, 0.3) is 0 Å². The molecule has 0 bridgehead atoms. The Bertz CT molecular complexity index is 84.7. The molecule has 0 aromatic heterocycles. The van der Waals surface area contributed by atoms with Crippen molar-refractivity contribution in [3.8, 4) is 0 Å². The number of hydrogen-bond acceptors (Lipinski definition) is 0. The Morgan fingerprint density at radius 3 is 2.40 bits per heavy atom. The van der Waals surface area contributed by atoms with E-state index >= 15 is 0 Å². The van der Waals surface area contributed by atoms with Crippen LogP contribution in [0.2, 0.25) is 0 Å². The fourth-order valence-electron chi connectivity index (χ4n) is 1.33. The molecule has 1 fully saturated rings. The standard InChI is InChI=1S/C9H19P/c1-9(2)5-3-6-10-7-4-8-10/h9H,3-8H2,1-2H3. The van der Waals surface area contributed by atoms with Gasteiger partial charge in [0.2, 0.25) is 0 Å². The monoisotopic (exact) mass is 158 g/mol. The minimum Gasteiger partial charge on any atom is -0.107 e. The molecule has 10 heavy (non-hydrogen) atoms. The van der Waals surface area contributed by atoms with Gasteiger partial charge in [-0.15, -0.1) is 7.92 Å². The van der Waals surface area contributed by atoms with Gasteiger partial charge in [0.1, 0.15) is 0 Å². The molecular weight excluding hydrogens is 139 g/mol. The molecule has 0 aromatic rings. The summed E-state index contributed by atoms with van der Waals surface area (Å²) in [7, 11) is 0.572. The van der Waals surface area contributed by atoms with Crippen LogP contribution >= 0.6 is 7.92 Å². The van der Waals surface area contributed by atoms with E-state index < -0.39 is 0 Å². The van der Waals surface area contributed by atoms with Crippen molar-refractivity contribution in [1.29, 1.82) is 0 Å². The van der Waals surface area contributed by atoms with Gasteiger partial charge in [0.05, 0.1) is 0 Å². The third-order valence-electron chi connectivity index (χ3n) is 2.20. The van der Waals surface area contributed by atoms with Crippen LogP contribution in [0.3, 0.4) is 0 Å². The summed E-state index contributed by atoms with van der Waals surface area (Å²) < 4.78 is 0. The molecule has 0 atom stereocenters. The molecule has 0 unspecified atom stereocenters. The van der Waals surface area contributed by atoms with E-state index in [1.54, 1.807) is 18.5 Å². The molecule has 0 spiro atoms. The molecule has 60 valence electrons. The van der Waals surface area contributed by atoms with Gasteiger partial charge in [-0.2, -0.15) is 0 Å². The minimum absolute atomic E-state index is 0.572. The molecule has 0 aliphatic carbocycles. The lowest BCUT2D eigenvalue weighted by atomic mass is 10.1. The highest BCUT2D eigenvalue weighted by Crippen LogP contribution is 2.46. The summed E-state index contributed by atoms with van der Waals surface area (Å²) >= 11 is 0. The van der Waals surface area contributed by atoms with E-state index in [2.05, 4.69) is 13.8 Å². The molecule has 0 radical (unpaired) electrons. The summed E-state index contributed by atoms with van der Waals surface area (Å²) in [5.41, 5.74) is 0. The third-order valence-corrected chi connectivity index (χ3v) is 5.05. The minimum atomic E-state index is 0.572. The highest BCUT2D eigenvalue weighted by Gasteiger charge is 2.15. The van der Waals surface area contributed by atoms with Crippen molar-refractivity contribution in [3.05, 3.63) is 0 Å². The predicted molar refractivity (Wildman–Crippen MR) is 50.2 cm³/mol. The van der Waals surface area contributed by atoms with Gasteiger partial charge in [-0.1, -0.05) is 20.3 Å². The summed E-state index contributed by atoms with van der Waals surface area (Å²) in [6, 6.07) is 0. The Morgan fingerprint density at radius 2 is 2.00 bits per heavy atom. The summed E-state index contributed by atoms with van der Waals surface area (Å²) in [5.74, 6) is 0.927. The third kappa shape index (κ3) is 3.01. The van der Waals surface area contributed by atoms with Crippen molar-refractivity contribution < 1.29 is 0 Å². The Labute approximate surface area is 66.2 Å². The average Bonchev–Trinajstić information content (AvgIpc) is 1.75. The second-order valence-electron chi connectivity index (χ2n) is 3.73. The van der Waals surface area contributed by atoms with Gasteiger partial charge in [-0.3, -0.25) is 0 Å². The maximum Gasteiger partial charge on any atom is -0.0323 e. The largest absolute Gasteiger partial charge is 0.107 e. The summed E-state index contributed by atoms with van der Waals surface area (Å²) in [6.45, 7) is 4.65. The van der Waals surface area contributed by atoms with E-state index in [0.717, 1.165) is 5.92 Å². The quantitative estimate of drug-likeness (QED) is 0.550. The first kappa shape index (κ1) is 8.53. The number of rotatable bonds is 4. The summed E-state index contributed by atoms with van der Waals surface area (Å²) in [4.78, 5) is 0. The number of hydrogen-bond donors (Lipinski definition) is 0. The van der Waals surface area contributed by atoms with Crippen molar-refractivity contribution in [1.82, 2.24) is 0 Å². The van der Waals surface area contributed by atoms with E-state index in [0.29, 0.717) is 7.92 Å². The SMILES string of the molecule is CC(C)CCCP1CCC1. The molecule has 1 heterocycles. The normalized spacial score (nSPS) is 19.5. The zero-order valence-corrected chi connectivity index (χ0v) is 8.16. The molecule has 1 heteroatoms. The zero-order valence-electron chi connectivity index (χ0n) is 7.27. The first-order chi connectivity index (χ1) is 4.79. The van der Waals surface area contributed by atoms with Crippen molar-refractivity contribution in [2.24, 2.45) is 5.92 Å². The predicted octanol–water partition coefficient (Wildman–Crippen LogP) is 3.31.